The smallest absolute Gasteiger partial charge is 0.335 e. The number of anilines is 3. The third-order valence-electron chi connectivity index (χ3n) is 7.46. The molecule has 2 amide bonds. The number of benzene rings is 3. The number of carboxylic acids is 1. The van der Waals surface area contributed by atoms with Crippen molar-refractivity contribution >= 4 is 51.8 Å². The number of carbonyl (C=O) groups excluding carboxylic acids is 2. The quantitative estimate of drug-likeness (QED) is 0.210. The molecule has 12 heteroatoms. The summed E-state index contributed by atoms with van der Waals surface area (Å²) in [6.45, 7) is 3.82. The second kappa shape index (κ2) is 11.8. The van der Waals surface area contributed by atoms with E-state index in [0.717, 1.165) is 26.2 Å². The number of likely N-dealkylation sites (N-methyl/N-ethyl adjacent to an activating group) is 2. The van der Waals surface area contributed by atoms with Gasteiger partial charge in [-0.15, -0.1) is 0 Å². The second-order valence-corrected chi connectivity index (χ2v) is 10.3. The zero-order valence-electron chi connectivity index (χ0n) is 23.2. The Balaban J connectivity index is 1.46. The first-order valence-corrected chi connectivity index (χ1v) is 13.3. The Kier molecular flexibility index (Phi) is 8.00. The number of carboxylic acid groups (broad SMARTS) is 1. The van der Waals surface area contributed by atoms with Gasteiger partial charge < -0.3 is 25.5 Å². The fraction of sp³-hybridized carbons (Fsp3) is 0.233. The molecule has 3 aromatic rings. The maximum absolute atomic E-state index is 13.2. The molecule has 0 atom stereocenters. The maximum atomic E-state index is 13.2. The van der Waals surface area contributed by atoms with E-state index in [0.29, 0.717) is 34.7 Å². The summed E-state index contributed by atoms with van der Waals surface area (Å²) in [4.78, 5) is 54.7. The summed E-state index contributed by atoms with van der Waals surface area (Å²) in [6.07, 6.45) is 0. The summed E-state index contributed by atoms with van der Waals surface area (Å²) < 4.78 is 0. The largest absolute Gasteiger partial charge is 0.478 e. The molecule has 0 saturated carbocycles. The third kappa shape index (κ3) is 5.99. The van der Waals surface area contributed by atoms with Crippen LogP contribution in [0.1, 0.15) is 21.5 Å². The number of nitro groups is 1. The van der Waals surface area contributed by atoms with Gasteiger partial charge in [0.1, 0.15) is 0 Å². The Morgan fingerprint density at radius 1 is 1.02 bits per heavy atom. The lowest BCUT2D eigenvalue weighted by atomic mass is 9.98. The first-order chi connectivity index (χ1) is 20.1. The summed E-state index contributed by atoms with van der Waals surface area (Å²) in [5, 5.41) is 27.0. The van der Waals surface area contributed by atoms with Crippen LogP contribution in [-0.2, 0) is 9.59 Å². The summed E-state index contributed by atoms with van der Waals surface area (Å²) in [5.41, 5.74) is 2.65. The van der Waals surface area contributed by atoms with E-state index in [9.17, 15) is 29.6 Å². The monoisotopic (exact) mass is 570 g/mol. The van der Waals surface area contributed by atoms with Crippen LogP contribution in [-0.4, -0.2) is 84.4 Å². The number of aromatic carboxylic acids is 1. The van der Waals surface area contributed by atoms with Crippen molar-refractivity contribution < 1.29 is 24.4 Å². The van der Waals surface area contributed by atoms with Crippen molar-refractivity contribution in [1.29, 1.82) is 0 Å². The van der Waals surface area contributed by atoms with E-state index in [-0.39, 0.29) is 28.4 Å². The molecule has 0 unspecified atom stereocenters. The number of nitro benzene ring substituents is 1. The number of amides is 2. The number of nitrogens with zero attached hydrogens (tertiary/aromatic N) is 4. The van der Waals surface area contributed by atoms with Crippen LogP contribution in [0, 0.1) is 10.1 Å². The van der Waals surface area contributed by atoms with Crippen molar-refractivity contribution in [2.24, 2.45) is 0 Å². The van der Waals surface area contributed by atoms with Crippen molar-refractivity contribution in [2.45, 2.75) is 0 Å². The molecule has 2 aliphatic heterocycles. The van der Waals surface area contributed by atoms with Gasteiger partial charge in [0.25, 0.3) is 11.6 Å². The fourth-order valence-corrected chi connectivity index (χ4v) is 4.96. The Labute approximate surface area is 242 Å². The Bertz CT molecular complexity index is 1590. The van der Waals surface area contributed by atoms with Crippen LogP contribution in [0.3, 0.4) is 0 Å². The molecule has 0 aromatic heterocycles. The highest BCUT2D eigenvalue weighted by molar-refractivity contribution is 6.37. The Hall–Kier alpha value is -5.07. The van der Waals surface area contributed by atoms with Gasteiger partial charge in [-0.25, -0.2) is 4.79 Å². The molecule has 3 N–H and O–H groups in total. The summed E-state index contributed by atoms with van der Waals surface area (Å²) in [5.74, 6) is -1.66. The van der Waals surface area contributed by atoms with Gasteiger partial charge in [-0.1, -0.05) is 12.1 Å². The van der Waals surface area contributed by atoms with Crippen molar-refractivity contribution in [2.75, 3.05) is 62.4 Å². The predicted octanol–water partition coefficient (Wildman–Crippen LogP) is 3.44. The molecular formula is C30H30N6O6. The number of fused-ring (bicyclic) bond motifs is 1. The molecule has 2 aliphatic rings. The summed E-state index contributed by atoms with van der Waals surface area (Å²) >= 11 is 0. The molecular weight excluding hydrogens is 540 g/mol. The minimum absolute atomic E-state index is 0.00484. The van der Waals surface area contributed by atoms with Gasteiger partial charge in [-0.3, -0.25) is 24.6 Å². The van der Waals surface area contributed by atoms with Gasteiger partial charge >= 0.3 is 5.97 Å². The van der Waals surface area contributed by atoms with E-state index in [2.05, 4.69) is 27.5 Å². The average Bonchev–Trinajstić information content (AvgIpc) is 3.31. The first kappa shape index (κ1) is 28.5. The SMILES string of the molecule is CN1CCN(CC(=O)N(C)c2ccc(N/C(=C3\C(=O)Nc4ccc(C(=O)O)cc43)c3cccc([N+](=O)[O-])c3)cc2)CC1. The Morgan fingerprint density at radius 2 is 1.74 bits per heavy atom. The normalized spacial score (nSPS) is 16.4. The van der Waals surface area contributed by atoms with E-state index in [1.54, 1.807) is 42.3 Å². The number of nitrogens with one attached hydrogen (secondary N) is 2. The number of hydrogen-bond acceptors (Lipinski definition) is 8. The van der Waals surface area contributed by atoms with Crippen LogP contribution in [0.4, 0.5) is 22.7 Å². The molecule has 3 aromatic carbocycles. The zero-order valence-corrected chi connectivity index (χ0v) is 23.2. The summed E-state index contributed by atoms with van der Waals surface area (Å²) in [6, 6.07) is 17.2. The lowest BCUT2D eigenvalue weighted by molar-refractivity contribution is -0.384. The molecule has 0 aliphatic carbocycles. The molecule has 0 bridgehead atoms. The van der Waals surface area contributed by atoms with Crippen LogP contribution < -0.4 is 15.5 Å². The second-order valence-electron chi connectivity index (χ2n) is 10.3. The standard InChI is InChI=1S/C30H30N6O6/c1-33-12-14-35(15-13-33)18-26(37)34(2)22-9-7-21(8-10-22)31-28(19-4-3-5-23(16-19)36(41)42)27-24-17-20(30(39)40)6-11-25(24)32-29(27)38/h3-11,16-17,31H,12-15,18H2,1-2H3,(H,32,38)(H,39,40)/b28-27-. The number of rotatable bonds is 8. The number of hydrogen-bond donors (Lipinski definition) is 3. The van der Waals surface area contributed by atoms with Gasteiger partial charge in [0.2, 0.25) is 5.91 Å². The highest BCUT2D eigenvalue weighted by atomic mass is 16.6. The lowest BCUT2D eigenvalue weighted by Crippen LogP contribution is -2.48. The van der Waals surface area contributed by atoms with Crippen molar-refractivity contribution in [1.82, 2.24) is 9.80 Å². The van der Waals surface area contributed by atoms with Crippen molar-refractivity contribution in [3.63, 3.8) is 0 Å². The van der Waals surface area contributed by atoms with E-state index in [4.69, 9.17) is 0 Å². The fourth-order valence-electron chi connectivity index (χ4n) is 4.96. The number of non-ortho nitro benzene ring substituents is 1. The van der Waals surface area contributed by atoms with Gasteiger partial charge in [-0.2, -0.15) is 0 Å². The van der Waals surface area contributed by atoms with Gasteiger partial charge in [0, 0.05) is 73.5 Å². The van der Waals surface area contributed by atoms with Crippen LogP contribution in [0.15, 0.2) is 66.7 Å². The highest BCUT2D eigenvalue weighted by Gasteiger charge is 2.30. The van der Waals surface area contributed by atoms with Crippen LogP contribution in [0.2, 0.25) is 0 Å². The molecule has 12 nitrogen and oxygen atoms in total. The van der Waals surface area contributed by atoms with Gasteiger partial charge in [0.05, 0.1) is 28.3 Å². The minimum atomic E-state index is -1.15. The van der Waals surface area contributed by atoms with Crippen molar-refractivity contribution in [3.05, 3.63) is 93.5 Å². The van der Waals surface area contributed by atoms with Crippen LogP contribution in [0.5, 0.6) is 0 Å². The topological polar surface area (TPSA) is 148 Å². The molecule has 1 saturated heterocycles. The zero-order chi connectivity index (χ0) is 30.0. The molecule has 2 heterocycles. The van der Waals surface area contributed by atoms with Crippen LogP contribution in [0.25, 0.3) is 11.3 Å². The molecule has 216 valence electrons. The van der Waals surface area contributed by atoms with Crippen molar-refractivity contribution in [3.8, 4) is 0 Å². The van der Waals surface area contributed by atoms with Gasteiger partial charge in [-0.05, 0) is 49.5 Å². The van der Waals surface area contributed by atoms with E-state index in [1.807, 2.05) is 0 Å². The molecule has 1 fully saturated rings. The summed E-state index contributed by atoms with van der Waals surface area (Å²) in [7, 11) is 3.78. The van der Waals surface area contributed by atoms with E-state index < -0.39 is 16.8 Å². The predicted molar refractivity (Wildman–Crippen MR) is 159 cm³/mol. The highest BCUT2D eigenvalue weighted by Crippen LogP contribution is 2.39. The lowest BCUT2D eigenvalue weighted by Gasteiger charge is -2.32. The third-order valence-corrected chi connectivity index (χ3v) is 7.46. The molecule has 0 radical (unpaired) electrons. The molecule has 5 rings (SSSR count). The van der Waals surface area contributed by atoms with E-state index in [1.165, 1.54) is 36.4 Å². The maximum Gasteiger partial charge on any atom is 0.335 e. The van der Waals surface area contributed by atoms with Gasteiger partial charge in [0.15, 0.2) is 0 Å². The average molecular weight is 571 g/mol. The number of carbonyl (C=O) groups is 3. The number of piperazine rings is 1. The Morgan fingerprint density at radius 3 is 2.40 bits per heavy atom. The first-order valence-electron chi connectivity index (χ1n) is 13.3. The minimum Gasteiger partial charge on any atom is -0.478 e. The van der Waals surface area contributed by atoms with E-state index >= 15 is 0 Å². The van der Waals surface area contributed by atoms with Crippen LogP contribution >= 0.6 is 0 Å². The molecule has 42 heavy (non-hydrogen) atoms. The molecule has 0 spiro atoms.